The van der Waals surface area contributed by atoms with E-state index in [1.54, 1.807) is 25.3 Å². The van der Waals surface area contributed by atoms with Crippen LogP contribution in [0.15, 0.2) is 23.4 Å². The third-order valence-electron chi connectivity index (χ3n) is 2.60. The first kappa shape index (κ1) is 15.3. The van der Waals surface area contributed by atoms with Gasteiger partial charge in [-0.15, -0.1) is 11.8 Å². The molecule has 0 amide bonds. The molecule has 100 valence electrons. The molecule has 0 fully saturated rings. The Balaban J connectivity index is 2.54. The zero-order valence-corrected chi connectivity index (χ0v) is 12.0. The zero-order chi connectivity index (χ0) is 13.6. The fourth-order valence-electron chi connectivity index (χ4n) is 1.49. The lowest BCUT2D eigenvalue weighted by atomic mass is 9.99. The van der Waals surface area contributed by atoms with E-state index in [1.165, 1.54) is 11.8 Å². The van der Waals surface area contributed by atoms with E-state index in [2.05, 4.69) is 10.3 Å². The number of nitrogens with zero attached hydrogens (tertiary/aromatic N) is 1. The molecule has 1 aromatic rings. The van der Waals surface area contributed by atoms with E-state index in [-0.39, 0.29) is 0 Å². The van der Waals surface area contributed by atoms with Gasteiger partial charge in [0.2, 0.25) is 0 Å². The van der Waals surface area contributed by atoms with Gasteiger partial charge >= 0.3 is 5.97 Å². The smallest absolute Gasteiger partial charge is 0.323 e. The van der Waals surface area contributed by atoms with Gasteiger partial charge in [0.15, 0.2) is 0 Å². The summed E-state index contributed by atoms with van der Waals surface area (Å²) in [6, 6.07) is 3.55. The first-order valence-electron chi connectivity index (χ1n) is 5.71. The van der Waals surface area contributed by atoms with Gasteiger partial charge in [0.25, 0.3) is 0 Å². The molecule has 1 unspecified atom stereocenters. The lowest BCUT2D eigenvalue weighted by molar-refractivity contribution is -0.144. The minimum absolute atomic E-state index is 0.508. The Hall–Kier alpha value is -0.780. The Morgan fingerprint density at radius 1 is 1.67 bits per heavy atom. The molecule has 0 aromatic carbocycles. The molecule has 1 atom stereocenters. The number of nitrogens with one attached hydrogen (secondary N) is 1. The number of thioether (sulfide) groups is 1. The Morgan fingerprint density at radius 3 is 2.94 bits per heavy atom. The number of carboxylic acid groups (broad SMARTS) is 1. The Bertz CT molecular complexity index is 417. The molecule has 2 N–H and O–H groups in total. The number of likely N-dealkylation sites (N-methyl/N-ethyl adjacent to an activating group) is 1. The zero-order valence-electron chi connectivity index (χ0n) is 10.4. The van der Waals surface area contributed by atoms with Gasteiger partial charge in [0.05, 0.1) is 5.02 Å². The number of aromatic nitrogens is 1. The maximum atomic E-state index is 11.2. The summed E-state index contributed by atoms with van der Waals surface area (Å²) in [7, 11) is 0. The standard InChI is InChI=1S/C12H17ClN2O2S/c1-3-15-12(2,11(16)17)6-8-18-10-9(13)5-4-7-14-10/h4-5,7,15H,3,6,8H2,1-2H3,(H,16,17). The molecule has 0 aliphatic heterocycles. The number of hydrogen-bond donors (Lipinski definition) is 2. The van der Waals surface area contributed by atoms with Gasteiger partial charge in [-0.2, -0.15) is 0 Å². The van der Waals surface area contributed by atoms with Crippen molar-refractivity contribution in [1.29, 1.82) is 0 Å². The van der Waals surface area contributed by atoms with Crippen molar-refractivity contribution < 1.29 is 9.90 Å². The van der Waals surface area contributed by atoms with E-state index in [4.69, 9.17) is 11.6 Å². The topological polar surface area (TPSA) is 62.2 Å². The molecule has 1 heterocycles. The van der Waals surface area contributed by atoms with Crippen molar-refractivity contribution in [2.75, 3.05) is 12.3 Å². The normalized spacial score (nSPS) is 14.2. The van der Waals surface area contributed by atoms with Crippen molar-refractivity contribution in [2.45, 2.75) is 30.8 Å². The van der Waals surface area contributed by atoms with Crippen LogP contribution in [0.1, 0.15) is 20.3 Å². The Kier molecular flexibility index (Phi) is 5.91. The first-order chi connectivity index (χ1) is 8.49. The molecule has 1 rings (SSSR count). The largest absolute Gasteiger partial charge is 0.480 e. The van der Waals surface area contributed by atoms with Crippen molar-refractivity contribution >= 4 is 29.3 Å². The predicted molar refractivity (Wildman–Crippen MR) is 74.3 cm³/mol. The molecular weight excluding hydrogens is 272 g/mol. The second kappa shape index (κ2) is 6.97. The molecule has 0 aliphatic rings. The molecule has 1 aromatic heterocycles. The van der Waals surface area contributed by atoms with Crippen molar-refractivity contribution in [2.24, 2.45) is 0 Å². The fourth-order valence-corrected chi connectivity index (χ4v) is 2.82. The van der Waals surface area contributed by atoms with Crippen LogP contribution < -0.4 is 5.32 Å². The SMILES string of the molecule is CCNC(C)(CCSc1ncccc1Cl)C(=O)O. The van der Waals surface area contributed by atoms with Gasteiger partial charge in [-0.3, -0.25) is 4.79 Å². The number of hydrogen-bond acceptors (Lipinski definition) is 4. The second-order valence-electron chi connectivity index (χ2n) is 4.06. The summed E-state index contributed by atoms with van der Waals surface area (Å²) in [5.74, 6) is -0.191. The van der Waals surface area contributed by atoms with E-state index in [9.17, 15) is 9.90 Å². The van der Waals surface area contributed by atoms with Crippen molar-refractivity contribution in [3.63, 3.8) is 0 Å². The predicted octanol–water partition coefficient (Wildman–Crippen LogP) is 2.67. The van der Waals surface area contributed by atoms with E-state index >= 15 is 0 Å². The van der Waals surface area contributed by atoms with E-state index in [0.29, 0.717) is 23.7 Å². The number of halogens is 1. The summed E-state index contributed by atoms with van der Waals surface area (Å²) in [6.45, 7) is 4.21. The summed E-state index contributed by atoms with van der Waals surface area (Å²) < 4.78 is 0. The molecule has 0 saturated carbocycles. The Morgan fingerprint density at radius 2 is 2.39 bits per heavy atom. The van der Waals surface area contributed by atoms with Crippen LogP contribution in [-0.4, -0.2) is 33.9 Å². The average Bonchev–Trinajstić information content (AvgIpc) is 2.32. The molecule has 6 heteroatoms. The highest BCUT2D eigenvalue weighted by Crippen LogP contribution is 2.26. The molecule has 0 radical (unpaired) electrons. The van der Waals surface area contributed by atoms with Gasteiger partial charge in [0, 0.05) is 11.9 Å². The maximum Gasteiger partial charge on any atom is 0.323 e. The monoisotopic (exact) mass is 288 g/mol. The van der Waals surface area contributed by atoms with Crippen LogP contribution in [0.5, 0.6) is 0 Å². The van der Waals surface area contributed by atoms with Crippen molar-refractivity contribution in [3.05, 3.63) is 23.4 Å². The molecule has 0 spiro atoms. The number of rotatable bonds is 7. The number of pyridine rings is 1. The van der Waals surface area contributed by atoms with Gasteiger partial charge in [-0.05, 0) is 32.0 Å². The van der Waals surface area contributed by atoms with E-state index in [0.717, 1.165) is 5.03 Å². The maximum absolute atomic E-state index is 11.2. The second-order valence-corrected chi connectivity index (χ2v) is 5.55. The highest BCUT2D eigenvalue weighted by atomic mass is 35.5. The van der Waals surface area contributed by atoms with Gasteiger partial charge < -0.3 is 10.4 Å². The summed E-state index contributed by atoms with van der Waals surface area (Å²) in [5.41, 5.74) is -0.900. The van der Waals surface area contributed by atoms with E-state index < -0.39 is 11.5 Å². The number of aliphatic carboxylic acids is 1. The summed E-state index contributed by atoms with van der Waals surface area (Å²) in [4.78, 5) is 15.4. The van der Waals surface area contributed by atoms with Crippen molar-refractivity contribution in [3.8, 4) is 0 Å². The minimum Gasteiger partial charge on any atom is -0.480 e. The molecule has 4 nitrogen and oxygen atoms in total. The summed E-state index contributed by atoms with van der Waals surface area (Å²) in [5, 5.41) is 13.5. The van der Waals surface area contributed by atoms with Crippen LogP contribution in [0.25, 0.3) is 0 Å². The average molecular weight is 289 g/mol. The number of carboxylic acids is 1. The lowest BCUT2D eigenvalue weighted by Gasteiger charge is -2.25. The van der Waals surface area contributed by atoms with Gasteiger partial charge in [-0.1, -0.05) is 18.5 Å². The van der Waals surface area contributed by atoms with Gasteiger partial charge in [0.1, 0.15) is 10.6 Å². The molecular formula is C12H17ClN2O2S. The molecule has 18 heavy (non-hydrogen) atoms. The third-order valence-corrected chi connectivity index (χ3v) is 4.03. The van der Waals surface area contributed by atoms with Crippen LogP contribution in [0.4, 0.5) is 0 Å². The quantitative estimate of drug-likeness (QED) is 0.755. The van der Waals surface area contributed by atoms with Crippen LogP contribution in [0.3, 0.4) is 0 Å². The fraction of sp³-hybridized carbons (Fsp3) is 0.500. The van der Waals surface area contributed by atoms with Crippen LogP contribution in [0.2, 0.25) is 5.02 Å². The summed E-state index contributed by atoms with van der Waals surface area (Å²) in [6.07, 6.45) is 2.18. The minimum atomic E-state index is -0.900. The molecule has 0 aliphatic carbocycles. The van der Waals surface area contributed by atoms with Crippen LogP contribution >= 0.6 is 23.4 Å². The lowest BCUT2D eigenvalue weighted by Crippen LogP contribution is -2.49. The van der Waals surface area contributed by atoms with Gasteiger partial charge in [-0.25, -0.2) is 4.98 Å². The van der Waals surface area contributed by atoms with Crippen LogP contribution in [-0.2, 0) is 4.79 Å². The van der Waals surface area contributed by atoms with Crippen molar-refractivity contribution in [1.82, 2.24) is 10.3 Å². The number of carbonyl (C=O) groups is 1. The molecule has 0 bridgehead atoms. The highest BCUT2D eigenvalue weighted by molar-refractivity contribution is 7.99. The third kappa shape index (κ3) is 4.15. The van der Waals surface area contributed by atoms with E-state index in [1.807, 2.05) is 6.92 Å². The van der Waals surface area contributed by atoms with Crippen LogP contribution in [0, 0.1) is 0 Å². The highest BCUT2D eigenvalue weighted by Gasteiger charge is 2.31. The summed E-state index contributed by atoms with van der Waals surface area (Å²) >= 11 is 7.45. The Labute approximate surface area is 116 Å². The first-order valence-corrected chi connectivity index (χ1v) is 7.07. The molecule has 0 saturated heterocycles.